The molecule has 5 rings (SSSR count). The minimum absolute atomic E-state index is 0.0618. The van der Waals surface area contributed by atoms with Gasteiger partial charge in [0.1, 0.15) is 23.0 Å². The molecule has 154 valence electrons. The molecule has 6 nitrogen and oxygen atoms in total. The molecule has 2 unspecified atom stereocenters. The quantitative estimate of drug-likeness (QED) is 0.670. The lowest BCUT2D eigenvalue weighted by Crippen LogP contribution is -2.11. The Morgan fingerprint density at radius 1 is 0.767 bits per heavy atom. The molecule has 0 spiro atoms. The van der Waals surface area contributed by atoms with E-state index in [4.69, 9.17) is 18.9 Å². The summed E-state index contributed by atoms with van der Waals surface area (Å²) in [7, 11) is 6.64. The number of hydrogen-bond acceptors (Lipinski definition) is 5. The predicted molar refractivity (Wildman–Crippen MR) is 112 cm³/mol. The molecule has 0 aromatic heterocycles. The molecule has 2 bridgehead atoms. The Hall–Kier alpha value is -3.41. The van der Waals surface area contributed by atoms with E-state index in [1.165, 1.54) is 0 Å². The van der Waals surface area contributed by atoms with Crippen LogP contribution in [0.2, 0.25) is 0 Å². The standard InChI is InChI=1S/C24H22O6/c1-27-16-7-8-17(28-2)19-15-10-14(18(16)19)20-21(15)23(30-4)13-9-11(24(25)26)5-6-12(13)22(20)29-3/h5-9,14-15H,10H2,1-4H3,(H,25,26). The fourth-order valence-electron chi connectivity index (χ4n) is 5.40. The molecule has 0 saturated carbocycles. The predicted octanol–water partition coefficient (Wildman–Crippen LogP) is 4.55. The van der Waals surface area contributed by atoms with Crippen LogP contribution in [-0.4, -0.2) is 39.5 Å². The third-order valence-electron chi connectivity index (χ3n) is 6.46. The molecule has 2 atom stereocenters. The van der Waals surface area contributed by atoms with Crippen molar-refractivity contribution in [1.82, 2.24) is 0 Å². The lowest BCUT2D eigenvalue weighted by atomic mass is 9.82. The fourth-order valence-corrected chi connectivity index (χ4v) is 5.40. The van der Waals surface area contributed by atoms with E-state index in [-0.39, 0.29) is 17.4 Å². The van der Waals surface area contributed by atoms with Gasteiger partial charge in [-0.05, 0) is 36.8 Å². The van der Waals surface area contributed by atoms with Crippen molar-refractivity contribution in [2.75, 3.05) is 28.4 Å². The molecular formula is C24H22O6. The average molecular weight is 406 g/mol. The minimum Gasteiger partial charge on any atom is -0.496 e. The molecular weight excluding hydrogens is 384 g/mol. The van der Waals surface area contributed by atoms with E-state index in [2.05, 4.69) is 0 Å². The zero-order chi connectivity index (χ0) is 21.2. The van der Waals surface area contributed by atoms with Crippen LogP contribution in [0.25, 0.3) is 10.8 Å². The van der Waals surface area contributed by atoms with Gasteiger partial charge in [0, 0.05) is 44.9 Å². The maximum atomic E-state index is 11.6. The van der Waals surface area contributed by atoms with Crippen LogP contribution < -0.4 is 18.9 Å². The summed E-state index contributed by atoms with van der Waals surface area (Å²) in [5.74, 6) is 2.31. The van der Waals surface area contributed by atoms with Crippen molar-refractivity contribution >= 4 is 16.7 Å². The zero-order valence-electron chi connectivity index (χ0n) is 17.2. The van der Waals surface area contributed by atoms with E-state index in [0.29, 0.717) is 5.75 Å². The summed E-state index contributed by atoms with van der Waals surface area (Å²) in [5.41, 5.74) is 4.60. The van der Waals surface area contributed by atoms with Gasteiger partial charge in [-0.3, -0.25) is 0 Å². The third-order valence-corrected chi connectivity index (χ3v) is 6.46. The number of aromatic carboxylic acids is 1. The Bertz CT molecular complexity index is 1210. The molecule has 0 amide bonds. The van der Waals surface area contributed by atoms with Crippen LogP contribution in [0.4, 0.5) is 0 Å². The maximum absolute atomic E-state index is 11.6. The van der Waals surface area contributed by atoms with Crippen LogP contribution in [0, 0.1) is 0 Å². The smallest absolute Gasteiger partial charge is 0.335 e. The Labute approximate surface area is 173 Å². The lowest BCUT2D eigenvalue weighted by molar-refractivity contribution is 0.0697. The van der Waals surface area contributed by atoms with Gasteiger partial charge in [-0.25, -0.2) is 4.79 Å². The lowest BCUT2D eigenvalue weighted by Gasteiger charge is -2.27. The molecule has 3 aromatic carbocycles. The van der Waals surface area contributed by atoms with E-state index in [1.54, 1.807) is 46.6 Å². The average Bonchev–Trinajstić information content (AvgIpc) is 3.34. The number of fused-ring (bicyclic) bond motifs is 9. The maximum Gasteiger partial charge on any atom is 0.335 e. The van der Waals surface area contributed by atoms with Gasteiger partial charge < -0.3 is 24.1 Å². The summed E-state index contributed by atoms with van der Waals surface area (Å²) in [6.07, 6.45) is 0.871. The number of hydrogen-bond donors (Lipinski definition) is 1. The first kappa shape index (κ1) is 18.6. The van der Waals surface area contributed by atoms with Crippen LogP contribution in [0.15, 0.2) is 30.3 Å². The van der Waals surface area contributed by atoms with Crippen molar-refractivity contribution < 1.29 is 28.8 Å². The van der Waals surface area contributed by atoms with E-state index in [9.17, 15) is 9.90 Å². The number of carboxylic acid groups (broad SMARTS) is 1. The second-order valence-corrected chi connectivity index (χ2v) is 7.60. The highest BCUT2D eigenvalue weighted by atomic mass is 16.5. The summed E-state index contributed by atoms with van der Waals surface area (Å²) in [6.45, 7) is 0. The summed E-state index contributed by atoms with van der Waals surface area (Å²) in [6, 6.07) is 8.95. The van der Waals surface area contributed by atoms with Gasteiger partial charge >= 0.3 is 5.97 Å². The highest BCUT2D eigenvalue weighted by Crippen LogP contribution is 2.66. The molecule has 1 N–H and O–H groups in total. The van der Waals surface area contributed by atoms with E-state index in [0.717, 1.165) is 56.7 Å². The molecule has 6 heteroatoms. The molecule has 0 aliphatic heterocycles. The van der Waals surface area contributed by atoms with Crippen LogP contribution in [0.1, 0.15) is 50.9 Å². The second kappa shape index (κ2) is 6.55. The summed E-state index contributed by atoms with van der Waals surface area (Å²) >= 11 is 0. The van der Waals surface area contributed by atoms with Gasteiger partial charge in [-0.15, -0.1) is 0 Å². The van der Waals surface area contributed by atoms with Crippen molar-refractivity contribution in [3.63, 3.8) is 0 Å². The monoisotopic (exact) mass is 406 g/mol. The van der Waals surface area contributed by atoms with Gasteiger partial charge in [0.25, 0.3) is 0 Å². The number of rotatable bonds is 5. The van der Waals surface area contributed by atoms with Crippen molar-refractivity contribution in [1.29, 1.82) is 0 Å². The Kier molecular flexibility index (Phi) is 4.07. The number of ether oxygens (including phenoxy) is 4. The van der Waals surface area contributed by atoms with Crippen LogP contribution >= 0.6 is 0 Å². The third kappa shape index (κ3) is 2.22. The number of benzene rings is 3. The molecule has 2 aliphatic rings. The van der Waals surface area contributed by atoms with Crippen molar-refractivity contribution in [3.05, 3.63) is 58.1 Å². The Balaban J connectivity index is 1.88. The van der Waals surface area contributed by atoms with Gasteiger partial charge in [0.15, 0.2) is 0 Å². The molecule has 0 saturated heterocycles. The number of carbonyl (C=O) groups is 1. The van der Waals surface area contributed by atoms with Gasteiger partial charge in [0.05, 0.1) is 34.0 Å². The summed E-state index contributed by atoms with van der Waals surface area (Å²) in [4.78, 5) is 11.6. The molecule has 0 fully saturated rings. The molecule has 3 aromatic rings. The van der Waals surface area contributed by atoms with Gasteiger partial charge in [-0.1, -0.05) is 0 Å². The minimum atomic E-state index is -0.975. The van der Waals surface area contributed by atoms with E-state index < -0.39 is 5.97 Å². The molecule has 30 heavy (non-hydrogen) atoms. The SMILES string of the molecule is COc1ccc(OC)c2c1C1CC2c2c1c(OC)c1ccc(C(=O)O)cc1c2OC. The van der Waals surface area contributed by atoms with Crippen molar-refractivity contribution in [2.45, 2.75) is 18.3 Å². The highest BCUT2D eigenvalue weighted by molar-refractivity contribution is 6.02. The summed E-state index contributed by atoms with van der Waals surface area (Å²) in [5, 5.41) is 11.1. The van der Waals surface area contributed by atoms with Crippen LogP contribution in [0.5, 0.6) is 23.0 Å². The summed E-state index contributed by atoms with van der Waals surface area (Å²) < 4.78 is 23.2. The van der Waals surface area contributed by atoms with Gasteiger partial charge in [0.2, 0.25) is 0 Å². The fraction of sp³-hybridized carbons (Fsp3) is 0.292. The first-order valence-corrected chi connectivity index (χ1v) is 9.75. The normalized spacial score (nSPS) is 18.1. The van der Waals surface area contributed by atoms with Crippen LogP contribution in [-0.2, 0) is 0 Å². The Morgan fingerprint density at radius 3 is 1.77 bits per heavy atom. The first-order chi connectivity index (χ1) is 14.5. The Morgan fingerprint density at radius 2 is 1.30 bits per heavy atom. The van der Waals surface area contributed by atoms with E-state index in [1.807, 2.05) is 12.1 Å². The van der Waals surface area contributed by atoms with Crippen molar-refractivity contribution in [3.8, 4) is 23.0 Å². The molecule has 0 heterocycles. The second-order valence-electron chi connectivity index (χ2n) is 7.60. The number of methoxy groups -OCH3 is 4. The van der Waals surface area contributed by atoms with Gasteiger partial charge in [-0.2, -0.15) is 0 Å². The van der Waals surface area contributed by atoms with E-state index >= 15 is 0 Å². The zero-order valence-corrected chi connectivity index (χ0v) is 17.2. The molecule has 2 aliphatic carbocycles. The first-order valence-electron chi connectivity index (χ1n) is 9.75. The van der Waals surface area contributed by atoms with Crippen molar-refractivity contribution in [2.24, 2.45) is 0 Å². The topological polar surface area (TPSA) is 74.2 Å². The number of carboxylic acids is 1. The highest BCUT2D eigenvalue weighted by Gasteiger charge is 2.49. The molecule has 0 radical (unpaired) electrons. The largest absolute Gasteiger partial charge is 0.496 e. The van der Waals surface area contributed by atoms with Crippen LogP contribution in [0.3, 0.4) is 0 Å².